The van der Waals surface area contributed by atoms with E-state index in [1.54, 1.807) is 13.8 Å². The van der Waals surface area contributed by atoms with Crippen molar-refractivity contribution in [3.05, 3.63) is 11.6 Å². The maximum Gasteiger partial charge on any atom is 0.344 e. The summed E-state index contributed by atoms with van der Waals surface area (Å²) in [7, 11) is 2.21. The van der Waals surface area contributed by atoms with Crippen LogP contribution in [0.2, 0.25) is 0 Å². The molecule has 1 atom stereocenters. The molecule has 158 valence electrons. The van der Waals surface area contributed by atoms with Crippen LogP contribution in [0.25, 0.3) is 0 Å². The third-order valence-electron chi connectivity index (χ3n) is 4.40. The predicted octanol–water partition coefficient (Wildman–Crippen LogP) is 1.33. The molecule has 0 radical (unpaired) electrons. The molecule has 1 aliphatic rings. The Bertz CT molecular complexity index is 567. The summed E-state index contributed by atoms with van der Waals surface area (Å²) < 4.78 is 25.0. The zero-order valence-electron chi connectivity index (χ0n) is 16.8. The Morgan fingerprint density at radius 2 is 1.54 bits per heavy atom. The molecular weight excluding hydrogens is 372 g/mol. The minimum atomic E-state index is -1.76. The summed E-state index contributed by atoms with van der Waals surface area (Å²) in [5.74, 6) is -3.47. The highest BCUT2D eigenvalue weighted by molar-refractivity contribution is 6.14. The fourth-order valence-corrected chi connectivity index (χ4v) is 2.98. The summed E-state index contributed by atoms with van der Waals surface area (Å²) in [6.07, 6.45) is 1.99. The molecule has 0 aromatic heterocycles. The third-order valence-corrected chi connectivity index (χ3v) is 4.40. The molecule has 1 unspecified atom stereocenters. The lowest BCUT2D eigenvalue weighted by Crippen LogP contribution is -2.44. The lowest BCUT2D eigenvalue weighted by Gasteiger charge is -2.30. The number of carbonyl (C=O) groups excluding carboxylic acids is 4. The Hall–Kier alpha value is -2.42. The van der Waals surface area contributed by atoms with Crippen LogP contribution in [0.4, 0.5) is 0 Å². The highest BCUT2D eigenvalue weighted by Crippen LogP contribution is 2.36. The highest BCUT2D eigenvalue weighted by atomic mass is 16.6. The van der Waals surface area contributed by atoms with Crippen molar-refractivity contribution in [2.24, 2.45) is 5.41 Å². The van der Waals surface area contributed by atoms with E-state index in [2.05, 4.69) is 9.47 Å². The molecule has 1 fully saturated rings. The van der Waals surface area contributed by atoms with E-state index in [0.717, 1.165) is 26.7 Å². The lowest BCUT2D eigenvalue weighted by molar-refractivity contribution is -0.174. The Labute approximate surface area is 164 Å². The van der Waals surface area contributed by atoms with Crippen LogP contribution in [0.1, 0.15) is 39.5 Å². The largest absolute Gasteiger partial charge is 0.465 e. The molecule has 1 aliphatic heterocycles. The van der Waals surface area contributed by atoms with Crippen molar-refractivity contribution in [2.75, 3.05) is 34.0 Å². The SMILES string of the molecule is CCOC(=O)C(CC=C(C(=O)OC)C(=O)OC)(CC1CCCO1)C(=O)OCC. The molecule has 0 amide bonds. The molecule has 0 aromatic rings. The van der Waals surface area contributed by atoms with Gasteiger partial charge in [0.1, 0.15) is 5.57 Å². The van der Waals surface area contributed by atoms with Crippen molar-refractivity contribution in [3.63, 3.8) is 0 Å². The molecule has 1 rings (SSSR count). The molecule has 9 nitrogen and oxygen atoms in total. The van der Waals surface area contributed by atoms with E-state index in [9.17, 15) is 19.2 Å². The van der Waals surface area contributed by atoms with E-state index in [0.29, 0.717) is 13.0 Å². The summed E-state index contributed by atoms with van der Waals surface area (Å²) in [6, 6.07) is 0. The van der Waals surface area contributed by atoms with Gasteiger partial charge in [0.2, 0.25) is 0 Å². The molecule has 0 aromatic carbocycles. The fourth-order valence-electron chi connectivity index (χ4n) is 2.98. The smallest absolute Gasteiger partial charge is 0.344 e. The summed E-state index contributed by atoms with van der Waals surface area (Å²) in [6.45, 7) is 3.86. The summed E-state index contributed by atoms with van der Waals surface area (Å²) >= 11 is 0. The zero-order valence-corrected chi connectivity index (χ0v) is 16.8. The fraction of sp³-hybridized carbons (Fsp3) is 0.684. The van der Waals surface area contributed by atoms with Gasteiger partial charge in [-0.1, -0.05) is 6.08 Å². The first kappa shape index (κ1) is 23.6. The van der Waals surface area contributed by atoms with Crippen LogP contribution in [0.3, 0.4) is 0 Å². The molecule has 0 N–H and O–H groups in total. The number of methoxy groups -OCH3 is 2. The van der Waals surface area contributed by atoms with Gasteiger partial charge >= 0.3 is 23.9 Å². The molecule has 28 heavy (non-hydrogen) atoms. The zero-order chi connectivity index (χ0) is 21.2. The molecule has 0 bridgehead atoms. The third kappa shape index (κ3) is 5.79. The molecular formula is C19H28O9. The topological polar surface area (TPSA) is 114 Å². The van der Waals surface area contributed by atoms with Gasteiger partial charge < -0.3 is 23.7 Å². The normalized spacial score (nSPS) is 16.1. The van der Waals surface area contributed by atoms with Gasteiger partial charge in [-0.2, -0.15) is 0 Å². The van der Waals surface area contributed by atoms with Crippen LogP contribution < -0.4 is 0 Å². The van der Waals surface area contributed by atoms with E-state index in [4.69, 9.17) is 14.2 Å². The van der Waals surface area contributed by atoms with Crippen LogP contribution >= 0.6 is 0 Å². The van der Waals surface area contributed by atoms with Crippen LogP contribution in [-0.4, -0.2) is 64.0 Å². The van der Waals surface area contributed by atoms with E-state index in [-0.39, 0.29) is 32.2 Å². The van der Waals surface area contributed by atoms with Gasteiger partial charge in [-0.15, -0.1) is 0 Å². The number of carbonyl (C=O) groups is 4. The van der Waals surface area contributed by atoms with Crippen molar-refractivity contribution in [1.82, 2.24) is 0 Å². The van der Waals surface area contributed by atoms with Crippen molar-refractivity contribution in [1.29, 1.82) is 0 Å². The lowest BCUT2D eigenvalue weighted by atomic mass is 9.78. The van der Waals surface area contributed by atoms with Gasteiger partial charge in [-0.25, -0.2) is 9.59 Å². The van der Waals surface area contributed by atoms with Crippen molar-refractivity contribution in [3.8, 4) is 0 Å². The van der Waals surface area contributed by atoms with Crippen molar-refractivity contribution < 1.29 is 42.9 Å². The summed E-state index contributed by atoms with van der Waals surface area (Å²) in [4.78, 5) is 49.5. The van der Waals surface area contributed by atoms with Gasteiger partial charge in [0.25, 0.3) is 0 Å². The van der Waals surface area contributed by atoms with Gasteiger partial charge in [0.15, 0.2) is 5.41 Å². The predicted molar refractivity (Wildman–Crippen MR) is 96.0 cm³/mol. The van der Waals surface area contributed by atoms with Crippen LogP contribution in [0.5, 0.6) is 0 Å². The van der Waals surface area contributed by atoms with Gasteiger partial charge in [-0.3, -0.25) is 9.59 Å². The van der Waals surface area contributed by atoms with Crippen LogP contribution in [0.15, 0.2) is 11.6 Å². The Balaban J connectivity index is 3.36. The second kappa shape index (κ2) is 11.4. The first-order valence-corrected chi connectivity index (χ1v) is 9.19. The maximum atomic E-state index is 12.8. The Morgan fingerprint density at radius 3 is 1.93 bits per heavy atom. The average molecular weight is 400 g/mol. The molecule has 0 spiro atoms. The van der Waals surface area contributed by atoms with E-state index < -0.39 is 34.9 Å². The summed E-state index contributed by atoms with van der Waals surface area (Å²) in [5.41, 5.74) is -2.18. The number of allylic oxidation sites excluding steroid dienone is 1. The Morgan fingerprint density at radius 1 is 1.00 bits per heavy atom. The monoisotopic (exact) mass is 400 g/mol. The first-order valence-electron chi connectivity index (χ1n) is 9.19. The number of hydrogen-bond acceptors (Lipinski definition) is 9. The van der Waals surface area contributed by atoms with Crippen LogP contribution in [0, 0.1) is 5.41 Å². The van der Waals surface area contributed by atoms with Gasteiger partial charge in [0.05, 0.1) is 33.5 Å². The molecule has 1 saturated heterocycles. The van der Waals surface area contributed by atoms with Gasteiger partial charge in [-0.05, 0) is 33.1 Å². The second-order valence-electron chi connectivity index (χ2n) is 6.17. The van der Waals surface area contributed by atoms with E-state index in [1.807, 2.05) is 0 Å². The van der Waals surface area contributed by atoms with E-state index >= 15 is 0 Å². The first-order chi connectivity index (χ1) is 13.4. The molecule has 0 saturated carbocycles. The standard InChI is InChI=1S/C19H28O9/c1-5-26-17(22)19(18(23)27-6-2,12-13-8-7-11-28-13)10-9-14(15(20)24-3)16(21)25-4/h9,13H,5-8,10-12H2,1-4H3. The minimum absolute atomic E-state index is 0.0107. The quantitative estimate of drug-likeness (QED) is 0.176. The maximum absolute atomic E-state index is 12.8. The minimum Gasteiger partial charge on any atom is -0.465 e. The van der Waals surface area contributed by atoms with Gasteiger partial charge in [0, 0.05) is 13.0 Å². The average Bonchev–Trinajstić information content (AvgIpc) is 3.19. The number of rotatable bonds is 10. The van der Waals surface area contributed by atoms with Crippen LogP contribution in [-0.2, 0) is 42.9 Å². The molecule has 1 heterocycles. The molecule has 9 heteroatoms. The number of hydrogen-bond donors (Lipinski definition) is 0. The number of ether oxygens (including phenoxy) is 5. The van der Waals surface area contributed by atoms with Crippen molar-refractivity contribution >= 4 is 23.9 Å². The van der Waals surface area contributed by atoms with Crippen molar-refractivity contribution in [2.45, 2.75) is 45.6 Å². The molecule has 0 aliphatic carbocycles. The Kier molecular flexibility index (Phi) is 9.64. The number of esters is 4. The second-order valence-corrected chi connectivity index (χ2v) is 6.17. The highest BCUT2D eigenvalue weighted by Gasteiger charge is 2.50. The van der Waals surface area contributed by atoms with E-state index in [1.165, 1.54) is 0 Å². The summed E-state index contributed by atoms with van der Waals surface area (Å²) in [5, 5.41) is 0.